The molecule has 1 aromatic rings. The highest BCUT2D eigenvalue weighted by Gasteiger charge is 2.12. The van der Waals surface area contributed by atoms with Crippen LogP contribution in [0.3, 0.4) is 0 Å². The van der Waals surface area contributed by atoms with Crippen LogP contribution in [0.5, 0.6) is 5.75 Å². The highest BCUT2D eigenvalue weighted by Crippen LogP contribution is 2.27. The molecular weight excluding hydrogens is 314 g/mol. The van der Waals surface area contributed by atoms with Crippen molar-refractivity contribution in [2.24, 2.45) is 0 Å². The number of hydrogen-bond acceptors (Lipinski definition) is 7. The first-order valence-corrected chi connectivity index (χ1v) is 7.45. The Hall–Kier alpha value is -1.24. The molecule has 1 aromatic carbocycles. The van der Waals surface area contributed by atoms with E-state index in [0.717, 1.165) is 0 Å². The molecule has 0 aromatic heterocycles. The molecule has 0 radical (unpaired) electrons. The van der Waals surface area contributed by atoms with E-state index in [-0.39, 0.29) is 0 Å². The van der Waals surface area contributed by atoms with Gasteiger partial charge in [-0.3, -0.25) is 13.3 Å². The molecule has 11 heteroatoms. The average molecular weight is 328 g/mol. The summed E-state index contributed by atoms with van der Waals surface area (Å²) in [5, 5.41) is 7.96. The maximum absolute atomic E-state index is 10.8. The summed E-state index contributed by atoms with van der Waals surface area (Å²) in [4.78, 5) is 0. The van der Waals surface area contributed by atoms with Crippen molar-refractivity contribution in [2.45, 2.75) is 5.25 Å². The van der Waals surface area contributed by atoms with Crippen molar-refractivity contribution in [1.29, 1.82) is 0 Å². The van der Waals surface area contributed by atoms with E-state index in [2.05, 4.69) is 0 Å². The van der Waals surface area contributed by atoms with Crippen LogP contribution in [0.4, 0.5) is 5.69 Å². The monoisotopic (exact) mass is 328 g/mol. The molecule has 0 amide bonds. The Morgan fingerprint density at radius 1 is 1.45 bits per heavy atom. The molecular formula is C9H14NO8S2-. The summed E-state index contributed by atoms with van der Waals surface area (Å²) in [6.07, 6.45) is 0. The van der Waals surface area contributed by atoms with Gasteiger partial charge < -0.3 is 20.1 Å². The number of methoxy groups -OCH3 is 1. The van der Waals surface area contributed by atoms with Crippen LogP contribution in [0.2, 0.25) is 0 Å². The standard InChI is InChI=1S/C9H13NO4S.H2O4S/c1-14-8-3-2-6(4-7(8)10)9(5-11)15(12)13;1-5(2,3)4/h2-4,9,11H,5,10H2,1H3,(H,12,13);(H2,1,2,3,4)/p-1. The Morgan fingerprint density at radius 2 is 1.95 bits per heavy atom. The zero-order valence-electron chi connectivity index (χ0n) is 10.3. The van der Waals surface area contributed by atoms with E-state index in [0.29, 0.717) is 17.0 Å². The minimum absolute atomic E-state index is 0.346. The smallest absolute Gasteiger partial charge is 0.394 e. The van der Waals surface area contributed by atoms with Gasteiger partial charge in [-0.25, -0.2) is 0 Å². The van der Waals surface area contributed by atoms with Crippen molar-refractivity contribution in [3.63, 3.8) is 0 Å². The third-order valence-corrected chi connectivity index (χ3v) is 2.91. The molecule has 1 rings (SSSR count). The number of aliphatic hydroxyl groups excluding tert-OH is 1. The van der Waals surface area contributed by atoms with Crippen LogP contribution in [-0.4, -0.2) is 45.1 Å². The van der Waals surface area contributed by atoms with Gasteiger partial charge in [0.15, 0.2) is 0 Å². The first kappa shape index (κ1) is 18.8. The minimum Gasteiger partial charge on any atom is -0.772 e. The number of aliphatic hydroxyl groups is 1. The van der Waals surface area contributed by atoms with Crippen LogP contribution in [0.1, 0.15) is 10.8 Å². The van der Waals surface area contributed by atoms with Gasteiger partial charge in [0.2, 0.25) is 0 Å². The van der Waals surface area contributed by atoms with E-state index in [1.165, 1.54) is 13.2 Å². The van der Waals surface area contributed by atoms with Crippen molar-refractivity contribution in [2.75, 3.05) is 19.5 Å². The third kappa shape index (κ3) is 7.37. The molecule has 0 aliphatic carbocycles. The predicted molar refractivity (Wildman–Crippen MR) is 70.3 cm³/mol. The summed E-state index contributed by atoms with van der Waals surface area (Å²) in [7, 11) is -3.19. The lowest BCUT2D eigenvalue weighted by molar-refractivity contribution is 0.289. The SMILES string of the molecule is COc1ccc(C(CO)S(=O)[O-])cc1N.O=S(=O)(O)O. The number of ether oxygens (including phenoxy) is 1. The van der Waals surface area contributed by atoms with Gasteiger partial charge in [0.05, 0.1) is 24.7 Å². The molecule has 116 valence electrons. The largest absolute Gasteiger partial charge is 0.772 e. The highest BCUT2D eigenvalue weighted by molar-refractivity contribution is 7.80. The average Bonchev–Trinajstić information content (AvgIpc) is 2.27. The van der Waals surface area contributed by atoms with Crippen molar-refractivity contribution in [1.82, 2.24) is 0 Å². The Morgan fingerprint density at radius 3 is 2.25 bits per heavy atom. The summed E-state index contributed by atoms with van der Waals surface area (Å²) < 4.78 is 58.0. The van der Waals surface area contributed by atoms with Gasteiger partial charge in [-0.15, -0.1) is 0 Å². The predicted octanol–water partition coefficient (Wildman–Crippen LogP) is -0.463. The Labute approximate surface area is 118 Å². The van der Waals surface area contributed by atoms with E-state index in [4.69, 9.17) is 33.1 Å². The molecule has 0 aliphatic heterocycles. The highest BCUT2D eigenvalue weighted by atomic mass is 32.3. The molecule has 0 aliphatic rings. The van der Waals surface area contributed by atoms with Crippen LogP contribution >= 0.6 is 0 Å². The van der Waals surface area contributed by atoms with Crippen LogP contribution in [0.15, 0.2) is 18.2 Å². The van der Waals surface area contributed by atoms with Crippen molar-refractivity contribution in [3.8, 4) is 5.75 Å². The topological polar surface area (TPSA) is 170 Å². The zero-order chi connectivity index (χ0) is 15.9. The summed E-state index contributed by atoms with van der Waals surface area (Å²) in [5.41, 5.74) is 6.41. The van der Waals surface area contributed by atoms with Crippen LogP contribution in [0, 0.1) is 0 Å². The molecule has 5 N–H and O–H groups in total. The summed E-state index contributed by atoms with van der Waals surface area (Å²) in [6, 6.07) is 4.61. The lowest BCUT2D eigenvalue weighted by atomic mass is 10.1. The van der Waals surface area contributed by atoms with E-state index in [1.54, 1.807) is 12.1 Å². The van der Waals surface area contributed by atoms with Crippen molar-refractivity contribution < 1.29 is 36.1 Å². The fourth-order valence-electron chi connectivity index (χ4n) is 1.23. The second-order valence-corrected chi connectivity index (χ2v) is 5.37. The first-order valence-electron chi connectivity index (χ1n) is 4.92. The molecule has 9 nitrogen and oxygen atoms in total. The lowest BCUT2D eigenvalue weighted by Gasteiger charge is -2.18. The van der Waals surface area contributed by atoms with Gasteiger partial charge in [0.25, 0.3) is 0 Å². The molecule has 0 spiro atoms. The number of nitrogen functional groups attached to an aromatic ring is 1. The Bertz CT molecular complexity index is 551. The van der Waals surface area contributed by atoms with E-state index in [9.17, 15) is 8.76 Å². The molecule has 0 heterocycles. The second-order valence-electron chi connectivity index (χ2n) is 3.38. The van der Waals surface area contributed by atoms with Gasteiger partial charge >= 0.3 is 10.4 Å². The van der Waals surface area contributed by atoms with Crippen LogP contribution < -0.4 is 10.5 Å². The van der Waals surface area contributed by atoms with E-state index < -0.39 is 33.3 Å². The first-order chi connectivity index (χ1) is 9.10. The van der Waals surface area contributed by atoms with Gasteiger partial charge in [0.1, 0.15) is 5.75 Å². The fourth-order valence-corrected chi connectivity index (χ4v) is 1.72. The molecule has 2 atom stereocenters. The number of hydrogen-bond donors (Lipinski definition) is 4. The summed E-state index contributed by atoms with van der Waals surface area (Å²) >= 11 is -2.37. The van der Waals surface area contributed by atoms with Gasteiger partial charge in [-0.05, 0) is 28.8 Å². The Kier molecular flexibility index (Phi) is 7.63. The van der Waals surface area contributed by atoms with Gasteiger partial charge in [0, 0.05) is 0 Å². The van der Waals surface area contributed by atoms with Crippen LogP contribution in [-0.2, 0) is 21.5 Å². The molecule has 2 unspecified atom stereocenters. The molecule has 0 saturated carbocycles. The van der Waals surface area contributed by atoms with Gasteiger partial charge in [-0.1, -0.05) is 6.07 Å². The fraction of sp³-hybridized carbons (Fsp3) is 0.333. The maximum Gasteiger partial charge on any atom is 0.394 e. The van der Waals surface area contributed by atoms with Crippen molar-refractivity contribution in [3.05, 3.63) is 23.8 Å². The van der Waals surface area contributed by atoms with Crippen LogP contribution in [0.25, 0.3) is 0 Å². The van der Waals surface area contributed by atoms with Crippen molar-refractivity contribution >= 4 is 27.2 Å². The Balaban J connectivity index is 0.000000621. The number of benzene rings is 1. The molecule has 0 saturated heterocycles. The van der Waals surface area contributed by atoms with E-state index in [1.807, 2.05) is 0 Å². The number of anilines is 1. The quantitative estimate of drug-likeness (QED) is 0.324. The summed E-state index contributed by atoms with van der Waals surface area (Å²) in [5.74, 6) is 0.479. The normalized spacial score (nSPS) is 13.8. The molecule has 20 heavy (non-hydrogen) atoms. The third-order valence-electron chi connectivity index (χ3n) is 2.02. The molecule has 0 fully saturated rings. The molecule has 0 bridgehead atoms. The minimum atomic E-state index is -4.67. The van der Waals surface area contributed by atoms with Gasteiger partial charge in [-0.2, -0.15) is 8.42 Å². The second kappa shape index (κ2) is 8.14. The lowest BCUT2D eigenvalue weighted by Crippen LogP contribution is -2.10. The number of rotatable bonds is 4. The van der Waals surface area contributed by atoms with E-state index >= 15 is 0 Å². The zero-order valence-corrected chi connectivity index (χ0v) is 11.9. The number of nitrogens with two attached hydrogens (primary N) is 1. The maximum atomic E-state index is 10.8. The summed E-state index contributed by atoms with van der Waals surface area (Å²) in [6.45, 7) is -0.470.